The molecule has 3 aromatic rings. The number of nitrogens with one attached hydrogen (secondary N) is 1. The molecule has 1 N–H and O–H groups in total. The number of hydrogen-bond acceptors (Lipinski definition) is 7. The molecular formula is C23H24ClFN6O2. The number of aromatic nitrogens is 3. The monoisotopic (exact) mass is 470 g/mol. The van der Waals surface area contributed by atoms with Gasteiger partial charge in [0.05, 0.1) is 34.5 Å². The maximum atomic E-state index is 14.4. The highest BCUT2D eigenvalue weighted by molar-refractivity contribution is 6.31. The lowest BCUT2D eigenvalue weighted by Crippen LogP contribution is -2.50. The van der Waals surface area contributed by atoms with Gasteiger partial charge in [-0.2, -0.15) is 0 Å². The molecule has 2 aromatic heterocycles. The minimum absolute atomic E-state index is 0.0309. The van der Waals surface area contributed by atoms with E-state index in [1.807, 2.05) is 31.7 Å². The Bertz CT molecular complexity index is 1230. The number of ether oxygens (including phenoxy) is 1. The number of piperazine rings is 1. The molecule has 4 heterocycles. The van der Waals surface area contributed by atoms with Crippen molar-refractivity contribution in [3.05, 3.63) is 47.6 Å². The van der Waals surface area contributed by atoms with Crippen molar-refractivity contribution in [2.45, 2.75) is 44.9 Å². The van der Waals surface area contributed by atoms with Gasteiger partial charge in [0, 0.05) is 18.5 Å². The van der Waals surface area contributed by atoms with Crippen LogP contribution in [0.25, 0.3) is 10.9 Å². The lowest BCUT2D eigenvalue weighted by molar-refractivity contribution is 0.0214. The van der Waals surface area contributed by atoms with Crippen molar-refractivity contribution < 1.29 is 13.9 Å². The molecule has 2 aliphatic heterocycles. The highest BCUT2D eigenvalue weighted by atomic mass is 35.5. The summed E-state index contributed by atoms with van der Waals surface area (Å²) >= 11 is 5.91. The molecule has 2 atom stereocenters. The number of amides is 1. The Labute approximate surface area is 195 Å². The zero-order valence-electron chi connectivity index (χ0n) is 18.5. The quantitative estimate of drug-likeness (QED) is 0.590. The van der Waals surface area contributed by atoms with Crippen LogP contribution in [0.5, 0.6) is 0 Å². The van der Waals surface area contributed by atoms with Crippen molar-refractivity contribution in [2.24, 2.45) is 0 Å². The SMILES string of the molecule is CC(C)(C)OC(=O)N1C[C@@H]2C[C@H]1CN2c1cc2c(Nc3cccc(Cl)c3F)ncnc2cn1. The van der Waals surface area contributed by atoms with Gasteiger partial charge in [0.25, 0.3) is 0 Å². The number of benzene rings is 1. The van der Waals surface area contributed by atoms with E-state index < -0.39 is 11.4 Å². The summed E-state index contributed by atoms with van der Waals surface area (Å²) in [5.41, 5.74) is 0.345. The lowest BCUT2D eigenvalue weighted by Gasteiger charge is -2.35. The van der Waals surface area contributed by atoms with Crippen molar-refractivity contribution in [2.75, 3.05) is 23.3 Å². The van der Waals surface area contributed by atoms with Gasteiger partial charge in [-0.3, -0.25) is 0 Å². The fourth-order valence-corrected chi connectivity index (χ4v) is 4.60. The second-order valence-corrected chi connectivity index (χ2v) is 9.74. The van der Waals surface area contributed by atoms with E-state index in [1.54, 1.807) is 18.3 Å². The van der Waals surface area contributed by atoms with Gasteiger partial charge < -0.3 is 19.9 Å². The Balaban J connectivity index is 1.39. The summed E-state index contributed by atoms with van der Waals surface area (Å²) in [6.45, 7) is 6.86. The molecule has 2 saturated heterocycles. The van der Waals surface area contributed by atoms with Gasteiger partial charge >= 0.3 is 6.09 Å². The van der Waals surface area contributed by atoms with Crippen LogP contribution in [0.4, 0.5) is 26.5 Å². The normalized spacial score (nSPS) is 19.9. The topological polar surface area (TPSA) is 83.5 Å². The number of likely N-dealkylation sites (tertiary alicyclic amines) is 1. The summed E-state index contributed by atoms with van der Waals surface area (Å²) in [4.78, 5) is 29.7. The number of rotatable bonds is 3. The van der Waals surface area contributed by atoms with Crippen molar-refractivity contribution >= 4 is 45.9 Å². The molecule has 1 aromatic carbocycles. The summed E-state index contributed by atoms with van der Waals surface area (Å²) < 4.78 is 20.0. The van der Waals surface area contributed by atoms with Gasteiger partial charge in [-0.15, -0.1) is 0 Å². The molecule has 10 heteroatoms. The van der Waals surface area contributed by atoms with E-state index >= 15 is 0 Å². The molecule has 0 saturated carbocycles. The summed E-state index contributed by atoms with van der Waals surface area (Å²) in [5.74, 6) is 0.687. The molecule has 1 amide bonds. The third kappa shape index (κ3) is 4.13. The smallest absolute Gasteiger partial charge is 0.410 e. The minimum Gasteiger partial charge on any atom is -0.444 e. The number of hydrogen-bond donors (Lipinski definition) is 1. The van der Waals surface area contributed by atoms with Crippen LogP contribution in [0.2, 0.25) is 5.02 Å². The maximum Gasteiger partial charge on any atom is 0.410 e. The van der Waals surface area contributed by atoms with Crippen LogP contribution < -0.4 is 10.2 Å². The average Bonchev–Trinajstić information content (AvgIpc) is 3.37. The van der Waals surface area contributed by atoms with Gasteiger partial charge in [-0.05, 0) is 45.4 Å². The molecule has 2 fully saturated rings. The first kappa shape index (κ1) is 21.6. The van der Waals surface area contributed by atoms with Gasteiger partial charge in [-0.25, -0.2) is 24.1 Å². The molecule has 0 spiro atoms. The number of anilines is 3. The first-order valence-electron chi connectivity index (χ1n) is 10.8. The standard InChI is InChI=1S/C23H24ClFN6O2/c1-23(2,3)33-22(32)31-11-13-7-14(31)10-30(13)19-8-15-18(9-26-19)27-12-28-21(15)29-17-6-4-5-16(24)20(17)25/h4-6,8-9,12-14H,7,10-11H2,1-3H3,(H,27,28,29)/t13-,14-/m0/s1. The summed E-state index contributed by atoms with van der Waals surface area (Å²) in [6, 6.07) is 6.89. The van der Waals surface area contributed by atoms with Crippen molar-refractivity contribution in [3.63, 3.8) is 0 Å². The number of fused-ring (bicyclic) bond motifs is 3. The minimum atomic E-state index is -0.542. The van der Waals surface area contributed by atoms with Crippen LogP contribution >= 0.6 is 11.6 Å². The van der Waals surface area contributed by atoms with Gasteiger partial charge in [0.15, 0.2) is 5.82 Å². The Morgan fingerprint density at radius 1 is 1.21 bits per heavy atom. The molecule has 0 aliphatic carbocycles. The molecule has 172 valence electrons. The fraction of sp³-hybridized carbons (Fsp3) is 0.391. The first-order valence-corrected chi connectivity index (χ1v) is 11.2. The Kier molecular flexibility index (Phi) is 5.23. The Morgan fingerprint density at radius 2 is 2.03 bits per heavy atom. The number of carbonyl (C=O) groups excluding carboxylic acids is 1. The average molecular weight is 471 g/mol. The predicted molar refractivity (Wildman–Crippen MR) is 125 cm³/mol. The molecule has 2 aliphatic rings. The summed E-state index contributed by atoms with van der Waals surface area (Å²) in [7, 11) is 0. The molecular weight excluding hydrogens is 447 g/mol. The van der Waals surface area contributed by atoms with Crippen LogP contribution in [0.1, 0.15) is 27.2 Å². The van der Waals surface area contributed by atoms with Crippen molar-refractivity contribution in [1.82, 2.24) is 19.9 Å². The third-order valence-corrected chi connectivity index (χ3v) is 6.17. The largest absolute Gasteiger partial charge is 0.444 e. The van der Waals surface area contributed by atoms with Gasteiger partial charge in [-0.1, -0.05) is 17.7 Å². The van der Waals surface area contributed by atoms with E-state index in [0.717, 1.165) is 12.2 Å². The summed E-state index contributed by atoms with van der Waals surface area (Å²) in [5, 5.41) is 3.77. The molecule has 5 rings (SSSR count). The maximum absolute atomic E-state index is 14.4. The van der Waals surface area contributed by atoms with E-state index in [1.165, 1.54) is 12.4 Å². The van der Waals surface area contributed by atoms with Crippen LogP contribution in [-0.4, -0.2) is 56.7 Å². The van der Waals surface area contributed by atoms with E-state index in [2.05, 4.69) is 25.2 Å². The van der Waals surface area contributed by atoms with E-state index in [0.29, 0.717) is 29.8 Å². The first-order chi connectivity index (χ1) is 15.7. The second-order valence-electron chi connectivity index (χ2n) is 9.34. The number of pyridine rings is 1. The van der Waals surface area contributed by atoms with Crippen LogP contribution in [0, 0.1) is 5.82 Å². The number of nitrogens with zero attached hydrogens (tertiary/aromatic N) is 5. The third-order valence-electron chi connectivity index (χ3n) is 5.87. The van der Waals surface area contributed by atoms with E-state index in [-0.39, 0.29) is 28.9 Å². The highest BCUT2D eigenvalue weighted by Crippen LogP contribution is 2.36. The number of carbonyl (C=O) groups is 1. The fourth-order valence-electron chi connectivity index (χ4n) is 4.42. The molecule has 0 radical (unpaired) electrons. The Morgan fingerprint density at radius 3 is 2.76 bits per heavy atom. The van der Waals surface area contributed by atoms with Crippen LogP contribution in [0.3, 0.4) is 0 Å². The molecule has 0 unspecified atom stereocenters. The molecule has 2 bridgehead atoms. The van der Waals surface area contributed by atoms with Gasteiger partial charge in [0.1, 0.15) is 23.6 Å². The summed E-state index contributed by atoms with van der Waals surface area (Å²) in [6.07, 6.45) is 3.68. The molecule has 33 heavy (non-hydrogen) atoms. The second kappa shape index (κ2) is 7.98. The Hall–Kier alpha value is -3.20. The van der Waals surface area contributed by atoms with E-state index in [4.69, 9.17) is 16.3 Å². The lowest BCUT2D eigenvalue weighted by atomic mass is 10.2. The zero-order chi connectivity index (χ0) is 23.3. The molecule has 8 nitrogen and oxygen atoms in total. The number of halogens is 2. The van der Waals surface area contributed by atoms with E-state index in [9.17, 15) is 9.18 Å². The van der Waals surface area contributed by atoms with Crippen LogP contribution in [-0.2, 0) is 4.74 Å². The predicted octanol–water partition coefficient (Wildman–Crippen LogP) is 4.76. The van der Waals surface area contributed by atoms with Crippen molar-refractivity contribution in [3.8, 4) is 0 Å². The van der Waals surface area contributed by atoms with Crippen molar-refractivity contribution in [1.29, 1.82) is 0 Å². The van der Waals surface area contributed by atoms with Crippen LogP contribution in [0.15, 0.2) is 36.8 Å². The van der Waals surface area contributed by atoms with Gasteiger partial charge in [0.2, 0.25) is 0 Å². The zero-order valence-corrected chi connectivity index (χ0v) is 19.3. The highest BCUT2D eigenvalue weighted by Gasteiger charge is 2.47.